The molecule has 0 aliphatic heterocycles. The number of phenols is 1. The number of nitrogens with one attached hydrogen (secondary N) is 1. The van der Waals surface area contributed by atoms with Crippen LogP contribution in [0.3, 0.4) is 0 Å². The molecule has 0 saturated heterocycles. The van der Waals surface area contributed by atoms with Crippen molar-refractivity contribution < 1.29 is 28.7 Å². The number of amides is 1. The van der Waals surface area contributed by atoms with Crippen molar-refractivity contribution in [2.24, 2.45) is 0 Å². The van der Waals surface area contributed by atoms with E-state index in [1.54, 1.807) is 37.3 Å². The number of esters is 1. The smallest absolute Gasteiger partial charge is 0.343 e. The third-order valence-electron chi connectivity index (χ3n) is 3.87. The van der Waals surface area contributed by atoms with Crippen molar-refractivity contribution in [2.45, 2.75) is 13.0 Å². The lowest BCUT2D eigenvalue weighted by atomic mass is 10.1. The third-order valence-corrected chi connectivity index (χ3v) is 3.87. The number of carbonyl (C=O) groups is 2. The highest BCUT2D eigenvalue weighted by Crippen LogP contribution is 2.27. The maximum absolute atomic E-state index is 12.7. The molecule has 0 spiro atoms. The van der Waals surface area contributed by atoms with Crippen LogP contribution in [0.5, 0.6) is 11.5 Å². The number of aryl methyl sites for hydroxylation is 1. The monoisotopic (exact) mass is 382 g/mol. The maximum Gasteiger partial charge on any atom is 0.343 e. The standard InChI is InChI=1S/C20H18N2O6/c1-12-10-17(22-28-12)21-19(24)18(13-6-4-3-5-7-13)27-20(25)15-9-8-14(26-2)11-16(15)23/h3-11,18,23H,1-2H3,(H,21,22,24). The van der Waals surface area contributed by atoms with Crippen molar-refractivity contribution in [3.8, 4) is 11.5 Å². The Labute approximate surface area is 160 Å². The van der Waals surface area contributed by atoms with Gasteiger partial charge in [-0.1, -0.05) is 35.5 Å². The Hall–Kier alpha value is -3.81. The third kappa shape index (κ3) is 4.29. The fourth-order valence-corrected chi connectivity index (χ4v) is 2.50. The van der Waals surface area contributed by atoms with Gasteiger partial charge in [-0.2, -0.15) is 0 Å². The molecule has 28 heavy (non-hydrogen) atoms. The molecule has 0 fully saturated rings. The molecule has 0 aliphatic rings. The number of aromatic hydroxyl groups is 1. The van der Waals surface area contributed by atoms with Gasteiger partial charge in [0.05, 0.1) is 7.11 Å². The second-order valence-corrected chi connectivity index (χ2v) is 5.89. The van der Waals surface area contributed by atoms with Crippen LogP contribution in [0.25, 0.3) is 0 Å². The highest BCUT2D eigenvalue weighted by Gasteiger charge is 2.27. The van der Waals surface area contributed by atoms with Gasteiger partial charge >= 0.3 is 5.97 Å². The van der Waals surface area contributed by atoms with Crippen LogP contribution in [0.2, 0.25) is 0 Å². The van der Waals surface area contributed by atoms with Gasteiger partial charge in [-0.25, -0.2) is 4.79 Å². The van der Waals surface area contributed by atoms with Crippen LogP contribution in [-0.2, 0) is 9.53 Å². The van der Waals surface area contributed by atoms with E-state index < -0.39 is 18.0 Å². The average Bonchev–Trinajstić information content (AvgIpc) is 3.10. The van der Waals surface area contributed by atoms with Crippen molar-refractivity contribution in [3.63, 3.8) is 0 Å². The van der Waals surface area contributed by atoms with Gasteiger partial charge in [0.15, 0.2) is 5.82 Å². The molecule has 0 saturated carbocycles. The number of rotatable bonds is 6. The Bertz CT molecular complexity index is 983. The summed E-state index contributed by atoms with van der Waals surface area (Å²) < 4.78 is 15.3. The van der Waals surface area contributed by atoms with Crippen LogP contribution in [0.4, 0.5) is 5.82 Å². The zero-order valence-electron chi connectivity index (χ0n) is 15.2. The molecule has 8 heteroatoms. The minimum atomic E-state index is -1.26. The Morgan fingerprint density at radius 2 is 1.89 bits per heavy atom. The van der Waals surface area contributed by atoms with Gasteiger partial charge in [-0.05, 0) is 19.1 Å². The number of phenolic OH excluding ortho intramolecular Hbond substituents is 1. The summed E-state index contributed by atoms with van der Waals surface area (Å²) in [4.78, 5) is 25.3. The number of ether oxygens (including phenoxy) is 2. The summed E-state index contributed by atoms with van der Waals surface area (Å²) in [5.41, 5.74) is 0.369. The molecular weight excluding hydrogens is 364 g/mol. The molecule has 0 bridgehead atoms. The van der Waals surface area contributed by atoms with Crippen molar-refractivity contribution in [2.75, 3.05) is 12.4 Å². The van der Waals surface area contributed by atoms with Crippen LogP contribution in [0.1, 0.15) is 27.8 Å². The van der Waals surface area contributed by atoms with Gasteiger partial charge < -0.3 is 24.4 Å². The first-order chi connectivity index (χ1) is 13.5. The maximum atomic E-state index is 12.7. The molecule has 3 rings (SSSR count). The van der Waals surface area contributed by atoms with E-state index in [9.17, 15) is 14.7 Å². The van der Waals surface area contributed by atoms with Crippen molar-refractivity contribution >= 4 is 17.7 Å². The molecule has 144 valence electrons. The number of aromatic nitrogens is 1. The van der Waals surface area contributed by atoms with Crippen LogP contribution in [-0.4, -0.2) is 29.2 Å². The zero-order chi connectivity index (χ0) is 20.1. The number of hydrogen-bond donors (Lipinski definition) is 2. The fraction of sp³-hybridized carbons (Fsp3) is 0.150. The minimum absolute atomic E-state index is 0.0909. The number of nitrogens with zero attached hydrogens (tertiary/aromatic N) is 1. The van der Waals surface area contributed by atoms with E-state index in [2.05, 4.69) is 10.5 Å². The van der Waals surface area contributed by atoms with Crippen LogP contribution < -0.4 is 10.1 Å². The van der Waals surface area contributed by atoms with E-state index in [0.29, 0.717) is 17.1 Å². The quantitative estimate of drug-likeness (QED) is 0.630. The lowest BCUT2D eigenvalue weighted by Crippen LogP contribution is -2.26. The molecule has 2 N–H and O–H groups in total. The molecule has 1 atom stereocenters. The lowest BCUT2D eigenvalue weighted by molar-refractivity contribution is -0.125. The summed E-state index contributed by atoms with van der Waals surface area (Å²) in [5, 5.41) is 16.3. The first-order valence-electron chi connectivity index (χ1n) is 8.35. The van der Waals surface area contributed by atoms with E-state index in [-0.39, 0.29) is 17.1 Å². The highest BCUT2D eigenvalue weighted by atomic mass is 16.5. The van der Waals surface area contributed by atoms with Crippen LogP contribution in [0, 0.1) is 6.92 Å². The Morgan fingerprint density at radius 3 is 2.50 bits per heavy atom. The van der Waals surface area contributed by atoms with E-state index in [1.165, 1.54) is 31.4 Å². The van der Waals surface area contributed by atoms with Gasteiger partial charge in [0, 0.05) is 17.7 Å². The number of benzene rings is 2. The van der Waals surface area contributed by atoms with Crippen molar-refractivity contribution in [1.29, 1.82) is 0 Å². The molecular formula is C20H18N2O6. The summed E-state index contributed by atoms with van der Waals surface area (Å²) >= 11 is 0. The van der Waals surface area contributed by atoms with E-state index in [4.69, 9.17) is 14.0 Å². The molecule has 0 aliphatic carbocycles. The summed E-state index contributed by atoms with van der Waals surface area (Å²) in [7, 11) is 1.44. The van der Waals surface area contributed by atoms with E-state index in [0.717, 1.165) is 0 Å². The molecule has 3 aromatic rings. The largest absolute Gasteiger partial charge is 0.507 e. The predicted molar refractivity (Wildman–Crippen MR) is 99.1 cm³/mol. The minimum Gasteiger partial charge on any atom is -0.507 e. The van der Waals surface area contributed by atoms with E-state index >= 15 is 0 Å². The van der Waals surface area contributed by atoms with Gasteiger partial charge in [0.2, 0.25) is 6.10 Å². The highest BCUT2D eigenvalue weighted by molar-refractivity contribution is 5.98. The number of methoxy groups -OCH3 is 1. The molecule has 1 amide bonds. The van der Waals surface area contributed by atoms with Crippen molar-refractivity contribution in [1.82, 2.24) is 5.16 Å². The van der Waals surface area contributed by atoms with Crippen LogP contribution >= 0.6 is 0 Å². The first kappa shape index (κ1) is 19.0. The first-order valence-corrected chi connectivity index (χ1v) is 8.35. The van der Waals surface area contributed by atoms with Gasteiger partial charge in [-0.3, -0.25) is 4.79 Å². The Kier molecular flexibility index (Phi) is 5.59. The molecule has 8 nitrogen and oxygen atoms in total. The predicted octanol–water partition coefficient (Wildman–Crippen LogP) is 3.23. The summed E-state index contributed by atoms with van der Waals surface area (Å²) in [6.45, 7) is 1.68. The molecule has 1 heterocycles. The van der Waals surface area contributed by atoms with Gasteiger partial charge in [-0.15, -0.1) is 0 Å². The number of carbonyl (C=O) groups excluding carboxylic acids is 2. The Balaban J connectivity index is 1.85. The Morgan fingerprint density at radius 1 is 1.14 bits per heavy atom. The summed E-state index contributed by atoms with van der Waals surface area (Å²) in [6, 6.07) is 14.2. The number of anilines is 1. The van der Waals surface area contributed by atoms with Crippen molar-refractivity contribution in [3.05, 3.63) is 71.5 Å². The normalized spacial score (nSPS) is 11.5. The summed E-state index contributed by atoms with van der Waals surface area (Å²) in [5.74, 6) is -0.684. The molecule has 1 aromatic heterocycles. The zero-order valence-corrected chi connectivity index (χ0v) is 15.2. The SMILES string of the molecule is COc1ccc(C(=O)OC(C(=O)Nc2cc(C)on2)c2ccccc2)c(O)c1. The fourth-order valence-electron chi connectivity index (χ4n) is 2.50. The van der Waals surface area contributed by atoms with Crippen LogP contribution in [0.15, 0.2) is 59.1 Å². The molecule has 1 unspecified atom stereocenters. The summed E-state index contributed by atoms with van der Waals surface area (Å²) in [6.07, 6.45) is -1.26. The lowest BCUT2D eigenvalue weighted by Gasteiger charge is -2.17. The second kappa shape index (κ2) is 8.26. The van der Waals surface area contributed by atoms with E-state index in [1.807, 2.05) is 0 Å². The second-order valence-electron chi connectivity index (χ2n) is 5.89. The van der Waals surface area contributed by atoms with Gasteiger partial charge in [0.25, 0.3) is 5.91 Å². The van der Waals surface area contributed by atoms with Gasteiger partial charge in [0.1, 0.15) is 22.8 Å². The molecule has 0 radical (unpaired) electrons. The molecule has 2 aromatic carbocycles. The average molecular weight is 382 g/mol. The topological polar surface area (TPSA) is 111 Å². The number of hydrogen-bond acceptors (Lipinski definition) is 7.